The van der Waals surface area contributed by atoms with Crippen LogP contribution in [0.5, 0.6) is 0 Å². The van der Waals surface area contributed by atoms with Crippen LogP contribution in [0.3, 0.4) is 0 Å². The zero-order chi connectivity index (χ0) is 41.6. The number of aromatic amines is 4. The highest BCUT2D eigenvalue weighted by Crippen LogP contribution is 2.35. The molecule has 310 valence electrons. The van der Waals surface area contributed by atoms with E-state index < -0.39 is 24.3 Å². The standard InChI is InChI=1S/C40H44N14O6/c1-59-39(57)47-29(17-27-19-43-51-49-27)37(55)53-15-3-5-33(53)35-41-21-31(45-35)25-11-7-23(8-12-25)24-9-13-26(14-10-24)32-22-42-36(46-32)34-6-4-16-54(34)38(56)30(48-40(58)60-2)18-28-20-44-52-50-28/h7-14,19-22,29-30,33-34H,3-6,15-18H2,1-2H3,(H,41,45)(H,42,46)(H,47,57)(H,48,58)(H,43,49,51)(H,44,50,52)/t29-,30-,33-,34-/m0/s1. The Morgan fingerprint density at radius 2 is 1.05 bits per heavy atom. The number of imidazole rings is 2. The second kappa shape index (κ2) is 17.6. The summed E-state index contributed by atoms with van der Waals surface area (Å²) in [6.45, 7) is 1.05. The number of alkyl carbamates (subject to hydrolysis) is 2. The molecular weight excluding hydrogens is 773 g/mol. The zero-order valence-corrected chi connectivity index (χ0v) is 32.9. The molecule has 2 aliphatic rings. The first-order valence-electron chi connectivity index (χ1n) is 19.6. The molecule has 0 saturated carbocycles. The van der Waals surface area contributed by atoms with Crippen molar-refractivity contribution in [3.8, 4) is 33.6 Å². The molecule has 20 heteroatoms. The molecule has 2 fully saturated rings. The average Bonchev–Trinajstić information content (AvgIpc) is 4.12. The molecule has 0 aliphatic carbocycles. The maximum Gasteiger partial charge on any atom is 0.407 e. The summed E-state index contributed by atoms with van der Waals surface area (Å²) in [5.74, 6) is 0.844. The summed E-state index contributed by atoms with van der Waals surface area (Å²) in [5.41, 5.74) is 6.66. The number of likely N-dealkylation sites (tertiary alicyclic amines) is 2. The molecule has 0 radical (unpaired) electrons. The number of benzene rings is 2. The minimum Gasteiger partial charge on any atom is -0.453 e. The Hall–Kier alpha value is -7.38. The van der Waals surface area contributed by atoms with E-state index in [2.05, 4.69) is 61.4 Å². The quantitative estimate of drug-likeness (QED) is 0.0977. The molecule has 0 bridgehead atoms. The van der Waals surface area contributed by atoms with Crippen molar-refractivity contribution in [2.75, 3.05) is 27.3 Å². The van der Waals surface area contributed by atoms with E-state index in [9.17, 15) is 19.2 Å². The number of ether oxygens (including phenoxy) is 2. The van der Waals surface area contributed by atoms with Gasteiger partial charge in [-0.3, -0.25) is 19.8 Å². The van der Waals surface area contributed by atoms with Gasteiger partial charge < -0.3 is 39.9 Å². The van der Waals surface area contributed by atoms with Crippen LogP contribution in [0.1, 0.15) is 60.8 Å². The van der Waals surface area contributed by atoms with Gasteiger partial charge in [0, 0.05) is 38.3 Å². The third-order valence-corrected chi connectivity index (χ3v) is 10.9. The largest absolute Gasteiger partial charge is 0.453 e. The summed E-state index contributed by atoms with van der Waals surface area (Å²) in [6, 6.07) is 14.0. The van der Waals surface area contributed by atoms with Crippen molar-refractivity contribution < 1.29 is 28.7 Å². The van der Waals surface area contributed by atoms with Gasteiger partial charge in [0.25, 0.3) is 0 Å². The van der Waals surface area contributed by atoms with Gasteiger partial charge in [-0.1, -0.05) is 59.0 Å². The highest BCUT2D eigenvalue weighted by atomic mass is 16.5. The van der Waals surface area contributed by atoms with Crippen molar-refractivity contribution in [3.63, 3.8) is 0 Å². The number of aromatic nitrogens is 10. The van der Waals surface area contributed by atoms with Crippen molar-refractivity contribution in [1.82, 2.24) is 71.2 Å². The van der Waals surface area contributed by atoms with Crippen LogP contribution in [0.25, 0.3) is 33.6 Å². The normalized spacial score (nSPS) is 17.3. The number of hydrogen-bond acceptors (Lipinski definition) is 12. The van der Waals surface area contributed by atoms with Crippen molar-refractivity contribution in [3.05, 3.63) is 96.4 Å². The van der Waals surface area contributed by atoms with Crippen molar-refractivity contribution in [2.45, 2.75) is 62.7 Å². The predicted octanol–water partition coefficient (Wildman–Crippen LogP) is 3.63. The second-order valence-corrected chi connectivity index (χ2v) is 14.6. The fraction of sp³-hybridized carbons (Fsp3) is 0.350. The number of rotatable bonds is 13. The average molecular weight is 817 g/mol. The number of H-pyrrole nitrogens is 4. The number of hydrogen-bond donors (Lipinski definition) is 6. The molecule has 60 heavy (non-hydrogen) atoms. The lowest BCUT2D eigenvalue weighted by molar-refractivity contribution is -0.135. The Bertz CT molecular complexity index is 2230. The van der Waals surface area contributed by atoms with Gasteiger partial charge in [-0.2, -0.15) is 0 Å². The summed E-state index contributed by atoms with van der Waals surface area (Å²) < 4.78 is 9.56. The van der Waals surface area contributed by atoms with E-state index in [0.717, 1.165) is 59.3 Å². The lowest BCUT2D eigenvalue weighted by atomic mass is 10.0. The Morgan fingerprint density at radius 1 is 0.650 bits per heavy atom. The highest BCUT2D eigenvalue weighted by Gasteiger charge is 2.38. The number of carbonyl (C=O) groups excluding carboxylic acids is 4. The zero-order valence-electron chi connectivity index (χ0n) is 32.9. The van der Waals surface area contributed by atoms with Crippen LogP contribution in [-0.2, 0) is 31.9 Å². The van der Waals surface area contributed by atoms with Crippen LogP contribution in [0.4, 0.5) is 9.59 Å². The van der Waals surface area contributed by atoms with Gasteiger partial charge in [0.2, 0.25) is 11.8 Å². The first kappa shape index (κ1) is 39.4. The van der Waals surface area contributed by atoms with Crippen LogP contribution < -0.4 is 10.6 Å². The molecule has 2 aromatic carbocycles. The maximum atomic E-state index is 13.8. The van der Waals surface area contributed by atoms with E-state index in [-0.39, 0.29) is 36.7 Å². The first-order valence-corrected chi connectivity index (χ1v) is 19.6. The Labute approximate surface area is 343 Å². The third kappa shape index (κ3) is 8.57. The molecule has 4 amide bonds. The maximum absolute atomic E-state index is 13.8. The van der Waals surface area contributed by atoms with Gasteiger partial charge in [0.15, 0.2) is 0 Å². The van der Waals surface area contributed by atoms with E-state index in [0.29, 0.717) is 36.1 Å². The molecule has 20 nitrogen and oxygen atoms in total. The number of nitrogens with one attached hydrogen (secondary N) is 6. The van der Waals surface area contributed by atoms with Crippen LogP contribution in [-0.4, -0.2) is 124 Å². The highest BCUT2D eigenvalue weighted by molar-refractivity contribution is 5.87. The molecule has 4 atom stereocenters. The van der Waals surface area contributed by atoms with Gasteiger partial charge in [-0.05, 0) is 47.9 Å². The van der Waals surface area contributed by atoms with Crippen molar-refractivity contribution in [2.24, 2.45) is 0 Å². The third-order valence-electron chi connectivity index (χ3n) is 10.9. The summed E-state index contributed by atoms with van der Waals surface area (Å²) in [7, 11) is 2.51. The smallest absolute Gasteiger partial charge is 0.407 e. The van der Waals surface area contributed by atoms with Crippen LogP contribution >= 0.6 is 0 Å². The number of nitrogens with zero attached hydrogens (tertiary/aromatic N) is 8. The molecular formula is C40H44N14O6. The molecule has 0 spiro atoms. The van der Waals surface area contributed by atoms with Crippen molar-refractivity contribution >= 4 is 24.0 Å². The van der Waals surface area contributed by atoms with Crippen LogP contribution in [0.15, 0.2) is 73.3 Å². The molecule has 6 aromatic rings. The summed E-state index contributed by atoms with van der Waals surface area (Å²) in [6.07, 6.45) is 8.67. The minimum absolute atomic E-state index is 0.159. The summed E-state index contributed by atoms with van der Waals surface area (Å²) >= 11 is 0. The van der Waals surface area contributed by atoms with Gasteiger partial charge >= 0.3 is 12.2 Å². The fourth-order valence-electron chi connectivity index (χ4n) is 7.89. The molecule has 2 saturated heterocycles. The first-order chi connectivity index (χ1) is 29.3. The minimum atomic E-state index is -0.883. The van der Waals surface area contributed by atoms with E-state index in [1.165, 1.54) is 14.2 Å². The molecule has 8 rings (SSSR count). The van der Waals surface area contributed by atoms with E-state index >= 15 is 0 Å². The van der Waals surface area contributed by atoms with Crippen LogP contribution in [0, 0.1) is 0 Å². The molecule has 6 heterocycles. The lowest BCUT2D eigenvalue weighted by Crippen LogP contribution is -2.49. The van der Waals surface area contributed by atoms with Gasteiger partial charge in [0.05, 0.1) is 61.5 Å². The summed E-state index contributed by atoms with van der Waals surface area (Å²) in [5, 5.41) is 26.0. The number of methoxy groups -OCH3 is 2. The predicted molar refractivity (Wildman–Crippen MR) is 213 cm³/mol. The number of amides is 4. The SMILES string of the molecule is COC(=O)N[C@@H](Cc1c[nH]nn1)C(=O)N1CCC[C@H]1c1ncc(-c2ccc(-c3ccc(-c4cnc([C@@H]5CCCN5C(=O)[C@H](Cc5c[nH]nn5)NC(=O)OC)[nH]4)cc3)cc2)[nH]1. The fourth-order valence-corrected chi connectivity index (χ4v) is 7.89. The molecule has 4 aromatic heterocycles. The van der Waals surface area contributed by atoms with E-state index in [1.807, 2.05) is 48.5 Å². The Kier molecular flexibility index (Phi) is 11.6. The van der Waals surface area contributed by atoms with Gasteiger partial charge in [0.1, 0.15) is 23.7 Å². The second-order valence-electron chi connectivity index (χ2n) is 14.6. The van der Waals surface area contributed by atoms with Crippen LogP contribution in [0.2, 0.25) is 0 Å². The number of carbonyl (C=O) groups is 4. The molecule has 2 aliphatic heterocycles. The van der Waals surface area contributed by atoms with Gasteiger partial charge in [-0.15, -0.1) is 10.2 Å². The Morgan fingerprint density at radius 3 is 1.42 bits per heavy atom. The molecule has 6 N–H and O–H groups in total. The van der Waals surface area contributed by atoms with E-state index in [1.54, 1.807) is 34.6 Å². The Balaban J connectivity index is 0.912. The topological polar surface area (TPSA) is 258 Å². The van der Waals surface area contributed by atoms with Gasteiger partial charge in [-0.25, -0.2) is 19.6 Å². The summed E-state index contributed by atoms with van der Waals surface area (Å²) in [4.78, 5) is 71.5. The van der Waals surface area contributed by atoms with E-state index in [4.69, 9.17) is 9.47 Å². The molecule has 0 unspecified atom stereocenters. The lowest BCUT2D eigenvalue weighted by Gasteiger charge is -2.27. The van der Waals surface area contributed by atoms with Crippen molar-refractivity contribution in [1.29, 1.82) is 0 Å². The monoisotopic (exact) mass is 816 g/mol.